The molecule has 2 N–H and O–H groups in total. The maximum Gasteiger partial charge on any atom is 0.165 e. The number of aromatic hydroxyl groups is 1. The maximum absolute atomic E-state index is 10.0. The van der Waals surface area contributed by atoms with Crippen molar-refractivity contribution >= 4 is 17.0 Å². The minimum absolute atomic E-state index is 0.0175. The number of benzene rings is 2. The Kier molecular flexibility index (Phi) is 3.79. The van der Waals surface area contributed by atoms with Crippen LogP contribution < -0.4 is 4.74 Å². The van der Waals surface area contributed by atoms with Crippen LogP contribution in [0.1, 0.15) is 5.56 Å². The van der Waals surface area contributed by atoms with E-state index in [0.717, 1.165) is 16.3 Å². The predicted molar refractivity (Wildman–Crippen MR) is 71.7 cm³/mol. The molecule has 0 spiro atoms. The minimum atomic E-state index is 0.0175. The van der Waals surface area contributed by atoms with Gasteiger partial charge in [-0.2, -0.15) is 0 Å². The quantitative estimate of drug-likeness (QED) is 0.809. The summed E-state index contributed by atoms with van der Waals surface area (Å²) in [4.78, 5) is 4.10. The van der Waals surface area contributed by atoms with Crippen LogP contribution in [0, 0.1) is 0 Å². The van der Waals surface area contributed by atoms with Gasteiger partial charge in [0.25, 0.3) is 0 Å². The average molecular weight is 245 g/mol. The molecule has 0 unspecified atom stereocenters. The number of nitrogens with zero attached hydrogens (tertiary/aromatic N) is 1. The molecule has 0 aromatic heterocycles. The fraction of sp³-hybridized carbons (Fsp3) is 0.214. The van der Waals surface area contributed by atoms with Crippen molar-refractivity contribution in [3.05, 3.63) is 35.9 Å². The molecule has 0 atom stereocenters. The van der Waals surface area contributed by atoms with E-state index >= 15 is 0 Å². The molecule has 18 heavy (non-hydrogen) atoms. The van der Waals surface area contributed by atoms with E-state index < -0.39 is 0 Å². The molecule has 0 saturated carbocycles. The topological polar surface area (TPSA) is 62.0 Å². The molecule has 0 aliphatic carbocycles. The summed E-state index contributed by atoms with van der Waals surface area (Å²) < 4.78 is 5.14. The van der Waals surface area contributed by atoms with Crippen LogP contribution in [0.5, 0.6) is 11.5 Å². The van der Waals surface area contributed by atoms with Crippen molar-refractivity contribution in [2.75, 3.05) is 20.3 Å². The van der Waals surface area contributed by atoms with Crippen LogP contribution in [0.2, 0.25) is 0 Å². The minimum Gasteiger partial charge on any atom is -0.504 e. The summed E-state index contributed by atoms with van der Waals surface area (Å²) in [5.74, 6) is 0.548. The summed E-state index contributed by atoms with van der Waals surface area (Å²) >= 11 is 0. The fourth-order valence-corrected chi connectivity index (χ4v) is 1.84. The number of rotatable bonds is 4. The van der Waals surface area contributed by atoms with E-state index in [0.29, 0.717) is 12.3 Å². The van der Waals surface area contributed by atoms with Crippen molar-refractivity contribution in [2.45, 2.75) is 0 Å². The zero-order valence-electron chi connectivity index (χ0n) is 10.1. The number of ether oxygens (including phenoxy) is 1. The van der Waals surface area contributed by atoms with Gasteiger partial charge in [-0.3, -0.25) is 4.99 Å². The highest BCUT2D eigenvalue weighted by atomic mass is 16.5. The molecule has 4 heteroatoms. The summed E-state index contributed by atoms with van der Waals surface area (Å²) in [6.45, 7) is 0.376. The molecule has 0 heterocycles. The fourth-order valence-electron chi connectivity index (χ4n) is 1.84. The Morgan fingerprint density at radius 3 is 2.67 bits per heavy atom. The molecule has 4 nitrogen and oxygen atoms in total. The Morgan fingerprint density at radius 2 is 2.00 bits per heavy atom. The van der Waals surface area contributed by atoms with Gasteiger partial charge in [-0.15, -0.1) is 0 Å². The second kappa shape index (κ2) is 5.51. The van der Waals surface area contributed by atoms with E-state index in [1.54, 1.807) is 12.3 Å². The SMILES string of the molecule is COc1cc(/C=N/CCO)c2ccccc2c1O. The number of phenolic OH excluding ortho intramolecular Hbond substituents is 1. The Morgan fingerprint density at radius 1 is 1.28 bits per heavy atom. The Bertz CT molecular complexity index is 579. The highest BCUT2D eigenvalue weighted by molar-refractivity contribution is 6.03. The number of aliphatic hydroxyl groups excluding tert-OH is 1. The first-order chi connectivity index (χ1) is 8.77. The standard InChI is InChI=1S/C14H15NO3/c1-18-13-8-10(9-15-6-7-16)11-4-2-3-5-12(11)14(13)17/h2-5,8-9,16-17H,6-7H2,1H3/b15-9+. The van der Waals surface area contributed by atoms with Crippen molar-refractivity contribution in [3.63, 3.8) is 0 Å². The van der Waals surface area contributed by atoms with Crippen LogP contribution >= 0.6 is 0 Å². The van der Waals surface area contributed by atoms with E-state index in [2.05, 4.69) is 4.99 Å². The van der Waals surface area contributed by atoms with Crippen molar-refractivity contribution in [3.8, 4) is 11.5 Å². The van der Waals surface area contributed by atoms with E-state index in [4.69, 9.17) is 9.84 Å². The second-order valence-corrected chi connectivity index (χ2v) is 3.82. The van der Waals surface area contributed by atoms with Crippen molar-refractivity contribution in [1.82, 2.24) is 0 Å². The lowest BCUT2D eigenvalue weighted by Crippen LogP contribution is -1.93. The molecule has 0 aliphatic rings. The highest BCUT2D eigenvalue weighted by Crippen LogP contribution is 2.36. The second-order valence-electron chi connectivity index (χ2n) is 3.82. The Hall–Kier alpha value is -2.07. The molecule has 0 radical (unpaired) electrons. The number of fused-ring (bicyclic) bond motifs is 1. The lowest BCUT2D eigenvalue weighted by molar-refractivity contribution is 0.307. The highest BCUT2D eigenvalue weighted by Gasteiger charge is 2.10. The summed E-state index contributed by atoms with van der Waals surface area (Å²) in [6.07, 6.45) is 1.68. The normalized spacial score (nSPS) is 11.2. The van der Waals surface area contributed by atoms with E-state index in [-0.39, 0.29) is 12.4 Å². The van der Waals surface area contributed by atoms with Crippen molar-refractivity contribution < 1.29 is 14.9 Å². The number of aliphatic imine (C=N–C) groups is 1. The molecule has 2 aromatic carbocycles. The molecule has 0 fully saturated rings. The third kappa shape index (κ3) is 2.28. The van der Waals surface area contributed by atoms with Gasteiger partial charge in [0.1, 0.15) is 0 Å². The molecular formula is C14H15NO3. The molecule has 0 saturated heterocycles. The number of aliphatic hydroxyl groups is 1. The molecule has 2 rings (SSSR count). The Labute approximate surface area is 105 Å². The lowest BCUT2D eigenvalue weighted by atomic mass is 10.0. The van der Waals surface area contributed by atoms with Crippen LogP contribution in [-0.4, -0.2) is 36.7 Å². The van der Waals surface area contributed by atoms with Crippen molar-refractivity contribution in [1.29, 1.82) is 0 Å². The largest absolute Gasteiger partial charge is 0.504 e. The van der Waals surface area contributed by atoms with Gasteiger partial charge >= 0.3 is 0 Å². The van der Waals surface area contributed by atoms with Gasteiger partial charge in [0.15, 0.2) is 11.5 Å². The van der Waals surface area contributed by atoms with Gasteiger partial charge in [-0.1, -0.05) is 24.3 Å². The van der Waals surface area contributed by atoms with Gasteiger partial charge < -0.3 is 14.9 Å². The zero-order chi connectivity index (χ0) is 13.0. The monoisotopic (exact) mass is 245 g/mol. The third-order valence-corrected chi connectivity index (χ3v) is 2.69. The van der Waals surface area contributed by atoms with E-state index in [9.17, 15) is 5.11 Å². The van der Waals surface area contributed by atoms with Crippen LogP contribution in [0.4, 0.5) is 0 Å². The van der Waals surface area contributed by atoms with Crippen LogP contribution in [-0.2, 0) is 0 Å². The summed E-state index contributed by atoms with van der Waals surface area (Å²) in [6, 6.07) is 9.23. The first-order valence-electron chi connectivity index (χ1n) is 5.67. The van der Waals surface area contributed by atoms with Gasteiger partial charge in [0.2, 0.25) is 0 Å². The number of hydrogen-bond donors (Lipinski definition) is 2. The number of hydrogen-bond acceptors (Lipinski definition) is 4. The van der Waals surface area contributed by atoms with E-state index in [1.165, 1.54) is 7.11 Å². The molecule has 94 valence electrons. The summed E-state index contributed by atoms with van der Waals surface area (Å²) in [5, 5.41) is 20.4. The summed E-state index contributed by atoms with van der Waals surface area (Å²) in [7, 11) is 1.51. The van der Waals surface area contributed by atoms with Crippen LogP contribution in [0.25, 0.3) is 10.8 Å². The van der Waals surface area contributed by atoms with Crippen LogP contribution in [0.15, 0.2) is 35.3 Å². The molecule has 0 bridgehead atoms. The number of methoxy groups -OCH3 is 1. The van der Waals surface area contributed by atoms with Crippen molar-refractivity contribution in [2.24, 2.45) is 4.99 Å². The molecule has 2 aromatic rings. The molecular weight excluding hydrogens is 230 g/mol. The summed E-state index contributed by atoms with van der Waals surface area (Å²) in [5.41, 5.74) is 0.855. The predicted octanol–water partition coefficient (Wildman–Crippen LogP) is 1.97. The number of phenols is 1. The third-order valence-electron chi connectivity index (χ3n) is 2.69. The van der Waals surface area contributed by atoms with Crippen LogP contribution in [0.3, 0.4) is 0 Å². The Balaban J connectivity index is 2.60. The molecule has 0 aliphatic heterocycles. The molecule has 0 amide bonds. The smallest absolute Gasteiger partial charge is 0.165 e. The van der Waals surface area contributed by atoms with Gasteiger partial charge in [0.05, 0.1) is 20.3 Å². The first kappa shape index (κ1) is 12.4. The van der Waals surface area contributed by atoms with E-state index in [1.807, 2.05) is 24.3 Å². The van der Waals surface area contributed by atoms with Gasteiger partial charge in [0, 0.05) is 17.2 Å². The zero-order valence-corrected chi connectivity index (χ0v) is 10.1. The first-order valence-corrected chi connectivity index (χ1v) is 5.67. The van der Waals surface area contributed by atoms with Gasteiger partial charge in [-0.05, 0) is 11.5 Å². The van der Waals surface area contributed by atoms with Gasteiger partial charge in [-0.25, -0.2) is 0 Å². The lowest BCUT2D eigenvalue weighted by Gasteiger charge is -2.09. The maximum atomic E-state index is 10.0. The average Bonchev–Trinajstić information content (AvgIpc) is 2.42.